The van der Waals surface area contributed by atoms with Crippen LogP contribution >= 0.6 is 11.6 Å². The number of carbonyl (C=O) groups excluding carboxylic acids is 1. The Labute approximate surface area is 126 Å². The van der Waals surface area contributed by atoms with E-state index < -0.39 is 38.4 Å². The van der Waals surface area contributed by atoms with Crippen LogP contribution in [0.1, 0.15) is 32.1 Å². The minimum absolute atomic E-state index is 0.175. The van der Waals surface area contributed by atoms with Gasteiger partial charge in [0.1, 0.15) is 0 Å². The summed E-state index contributed by atoms with van der Waals surface area (Å²) in [6.45, 7) is 0. The molecule has 0 aliphatic rings. The van der Waals surface area contributed by atoms with Crippen LogP contribution in [0.15, 0.2) is 0 Å². The van der Waals surface area contributed by atoms with E-state index in [1.54, 1.807) is 0 Å². The summed E-state index contributed by atoms with van der Waals surface area (Å²) < 4.78 is 62.3. The van der Waals surface area contributed by atoms with Gasteiger partial charge in [0.2, 0.25) is 4.21 Å². The average molecular weight is 349 g/mol. The predicted molar refractivity (Wildman–Crippen MR) is 72.4 cm³/mol. The lowest BCUT2D eigenvalue weighted by Crippen LogP contribution is -2.44. The summed E-state index contributed by atoms with van der Waals surface area (Å²) in [4.78, 5) is 11.6. The Morgan fingerprint density at radius 2 is 1.86 bits per heavy atom. The molecule has 0 aliphatic carbocycles. The topological polar surface area (TPSA) is 60.4 Å². The fourth-order valence-electron chi connectivity index (χ4n) is 1.53. The van der Waals surface area contributed by atoms with Crippen LogP contribution in [0.5, 0.6) is 0 Å². The maximum absolute atomic E-state index is 12.2. The average Bonchev–Trinajstić information content (AvgIpc) is 2.39. The third-order valence-corrected chi connectivity index (χ3v) is 5.85. The van der Waals surface area contributed by atoms with E-state index in [2.05, 4.69) is 10.7 Å². The van der Waals surface area contributed by atoms with Gasteiger partial charge in [0.15, 0.2) is 9.84 Å². The molecule has 0 saturated carbocycles. The van der Waals surface area contributed by atoms with Crippen LogP contribution in [0.4, 0.5) is 13.2 Å². The number of hydrogen-bond acceptors (Lipinski definition) is 4. The first-order chi connectivity index (χ1) is 9.50. The van der Waals surface area contributed by atoms with Gasteiger partial charge in [-0.1, -0.05) is 11.6 Å². The first-order valence-electron chi connectivity index (χ1n) is 6.00. The predicted octanol–water partition coefficient (Wildman–Crippen LogP) is 2.66. The highest BCUT2D eigenvalue weighted by Crippen LogP contribution is 2.34. The van der Waals surface area contributed by atoms with Crippen molar-refractivity contribution in [1.82, 2.24) is 0 Å². The molecular formula is C12H16ClF3O4S. The Bertz CT molecular complexity index is 496. The van der Waals surface area contributed by atoms with Gasteiger partial charge in [-0.3, -0.25) is 0 Å². The monoisotopic (exact) mass is 348 g/mol. The van der Waals surface area contributed by atoms with Crippen LogP contribution in [0, 0.1) is 12.3 Å². The maximum atomic E-state index is 12.2. The summed E-state index contributed by atoms with van der Waals surface area (Å²) in [5.41, 5.74) is 0. The second-order valence-corrected chi connectivity index (χ2v) is 7.52. The van der Waals surface area contributed by atoms with Crippen molar-refractivity contribution in [2.45, 2.75) is 42.5 Å². The molecule has 0 amide bonds. The molecule has 0 aliphatic heterocycles. The van der Waals surface area contributed by atoms with Gasteiger partial charge in [0, 0.05) is 6.42 Å². The van der Waals surface area contributed by atoms with Crippen LogP contribution < -0.4 is 0 Å². The molecular weight excluding hydrogens is 333 g/mol. The molecule has 1 atom stereocenters. The molecule has 4 nitrogen and oxygen atoms in total. The Hall–Kier alpha value is -0.940. The molecule has 0 rings (SSSR count). The van der Waals surface area contributed by atoms with Gasteiger partial charge in [0.05, 0.1) is 19.3 Å². The van der Waals surface area contributed by atoms with Crippen LogP contribution in [0.25, 0.3) is 0 Å². The number of carbonyl (C=O) groups is 1. The SMILES string of the molecule is C#CCCCCC(Cl)(C(=O)OC)S(=O)(=O)CCC(F)(F)F. The molecule has 9 heteroatoms. The van der Waals surface area contributed by atoms with Crippen LogP contribution in [0.2, 0.25) is 0 Å². The Kier molecular flexibility index (Phi) is 7.54. The van der Waals surface area contributed by atoms with Crippen molar-refractivity contribution in [2.24, 2.45) is 0 Å². The third-order valence-electron chi connectivity index (χ3n) is 2.71. The van der Waals surface area contributed by atoms with Crippen molar-refractivity contribution >= 4 is 27.4 Å². The van der Waals surface area contributed by atoms with E-state index in [-0.39, 0.29) is 12.8 Å². The molecule has 122 valence electrons. The Morgan fingerprint density at radius 3 is 2.29 bits per heavy atom. The number of alkyl halides is 4. The summed E-state index contributed by atoms with van der Waals surface area (Å²) in [7, 11) is -3.62. The lowest BCUT2D eigenvalue weighted by atomic mass is 10.1. The molecule has 0 aromatic heterocycles. The molecule has 0 aromatic carbocycles. The lowest BCUT2D eigenvalue weighted by Gasteiger charge is -2.24. The van der Waals surface area contributed by atoms with Crippen molar-refractivity contribution in [3.8, 4) is 12.3 Å². The highest BCUT2D eigenvalue weighted by molar-refractivity contribution is 7.95. The van der Waals surface area contributed by atoms with E-state index in [1.807, 2.05) is 0 Å². The van der Waals surface area contributed by atoms with Gasteiger partial charge in [-0.15, -0.1) is 12.3 Å². The lowest BCUT2D eigenvalue weighted by molar-refractivity contribution is -0.141. The number of unbranched alkanes of at least 4 members (excludes halogenated alkanes) is 2. The van der Waals surface area contributed by atoms with E-state index in [1.165, 1.54) is 0 Å². The van der Waals surface area contributed by atoms with E-state index in [4.69, 9.17) is 18.0 Å². The molecule has 0 N–H and O–H groups in total. The number of esters is 1. The van der Waals surface area contributed by atoms with Gasteiger partial charge < -0.3 is 4.74 Å². The second-order valence-electron chi connectivity index (χ2n) is 4.32. The molecule has 0 bridgehead atoms. The third kappa shape index (κ3) is 6.14. The minimum atomic E-state index is -4.66. The van der Waals surface area contributed by atoms with E-state index >= 15 is 0 Å². The van der Waals surface area contributed by atoms with Crippen molar-refractivity contribution in [2.75, 3.05) is 12.9 Å². The standard InChI is InChI=1S/C12H16ClF3O4S/c1-3-4-5-6-7-11(13,10(17)20-2)21(18,19)9-8-12(14,15)16/h1H,4-9H2,2H3. The molecule has 0 fully saturated rings. The fraction of sp³-hybridized carbons (Fsp3) is 0.750. The van der Waals surface area contributed by atoms with E-state index in [0.29, 0.717) is 12.8 Å². The number of sulfone groups is 1. The molecule has 0 radical (unpaired) electrons. The number of rotatable bonds is 8. The molecule has 21 heavy (non-hydrogen) atoms. The minimum Gasteiger partial charge on any atom is -0.467 e. The zero-order valence-electron chi connectivity index (χ0n) is 11.4. The zero-order chi connectivity index (χ0) is 16.7. The molecule has 1 unspecified atom stereocenters. The largest absolute Gasteiger partial charge is 0.467 e. The summed E-state index contributed by atoms with van der Waals surface area (Å²) in [5, 5.41) is 0. The van der Waals surface area contributed by atoms with E-state index in [0.717, 1.165) is 7.11 Å². The van der Waals surface area contributed by atoms with E-state index in [9.17, 15) is 26.4 Å². The molecule has 0 saturated heterocycles. The summed E-state index contributed by atoms with van der Waals surface area (Å²) in [6.07, 6.45) is -0.652. The van der Waals surface area contributed by atoms with Gasteiger partial charge in [-0.25, -0.2) is 13.2 Å². The first-order valence-corrected chi connectivity index (χ1v) is 8.03. The quantitative estimate of drug-likeness (QED) is 0.293. The number of halogens is 4. The maximum Gasteiger partial charge on any atom is 0.390 e. The van der Waals surface area contributed by atoms with Crippen molar-refractivity contribution in [1.29, 1.82) is 0 Å². The first kappa shape index (κ1) is 20.1. The summed E-state index contributed by atoms with van der Waals surface area (Å²) in [6, 6.07) is 0. The summed E-state index contributed by atoms with van der Waals surface area (Å²) >= 11 is 5.81. The van der Waals surface area contributed by atoms with Gasteiger partial charge in [0.25, 0.3) is 0 Å². The Balaban J connectivity index is 5.11. The Morgan fingerprint density at radius 1 is 1.29 bits per heavy atom. The number of hydrogen-bond donors (Lipinski definition) is 0. The zero-order valence-corrected chi connectivity index (χ0v) is 12.9. The van der Waals surface area contributed by atoms with Gasteiger partial charge in [-0.2, -0.15) is 13.2 Å². The molecule has 0 heterocycles. The summed E-state index contributed by atoms with van der Waals surface area (Å²) in [5.74, 6) is -0.235. The molecule has 0 aromatic rings. The molecule has 0 spiro atoms. The highest BCUT2D eigenvalue weighted by Gasteiger charge is 2.50. The fourth-order valence-corrected chi connectivity index (χ4v) is 3.59. The van der Waals surface area contributed by atoms with Crippen LogP contribution in [-0.2, 0) is 19.4 Å². The van der Waals surface area contributed by atoms with Crippen molar-refractivity contribution < 1.29 is 31.1 Å². The normalized spacial score (nSPS) is 15.0. The second kappa shape index (κ2) is 7.90. The van der Waals surface area contributed by atoms with Crippen molar-refractivity contribution in [3.63, 3.8) is 0 Å². The van der Waals surface area contributed by atoms with Crippen LogP contribution in [0.3, 0.4) is 0 Å². The van der Waals surface area contributed by atoms with Gasteiger partial charge >= 0.3 is 12.1 Å². The van der Waals surface area contributed by atoms with Gasteiger partial charge in [-0.05, 0) is 19.3 Å². The number of terminal acetylenes is 1. The number of ether oxygens (including phenoxy) is 1. The van der Waals surface area contributed by atoms with Crippen LogP contribution in [-0.4, -0.2) is 37.6 Å². The highest BCUT2D eigenvalue weighted by atomic mass is 35.5. The number of methoxy groups -OCH3 is 1. The smallest absolute Gasteiger partial charge is 0.390 e. The van der Waals surface area contributed by atoms with Crippen molar-refractivity contribution in [3.05, 3.63) is 0 Å².